The summed E-state index contributed by atoms with van der Waals surface area (Å²) in [4.78, 5) is 11.6. The van der Waals surface area contributed by atoms with E-state index in [1.807, 2.05) is 0 Å². The molecule has 3 N–H and O–H groups in total. The molecule has 0 radical (unpaired) electrons. The second-order valence-corrected chi connectivity index (χ2v) is 5.22. The van der Waals surface area contributed by atoms with Crippen LogP contribution in [0.5, 0.6) is 0 Å². The van der Waals surface area contributed by atoms with Gasteiger partial charge in [0.2, 0.25) is 0 Å². The lowest BCUT2D eigenvalue weighted by atomic mass is 10.1. The molecule has 0 spiro atoms. The predicted octanol–water partition coefficient (Wildman–Crippen LogP) is 3.25. The number of rotatable bonds is 3. The molecule has 0 saturated heterocycles. The monoisotopic (exact) mass is 310 g/mol. The molecule has 20 heavy (non-hydrogen) atoms. The van der Waals surface area contributed by atoms with Crippen molar-refractivity contribution in [3.63, 3.8) is 0 Å². The number of aliphatic hydroxyl groups is 1. The van der Waals surface area contributed by atoms with Gasteiger partial charge in [0.15, 0.2) is 0 Å². The van der Waals surface area contributed by atoms with E-state index in [1.54, 1.807) is 13.8 Å². The minimum absolute atomic E-state index is 0.0471. The van der Waals surface area contributed by atoms with Crippen LogP contribution >= 0.6 is 11.6 Å². The highest BCUT2D eigenvalue weighted by Gasteiger charge is 2.31. The zero-order valence-electron chi connectivity index (χ0n) is 10.8. The van der Waals surface area contributed by atoms with Crippen LogP contribution in [0.4, 0.5) is 23.7 Å². The minimum atomic E-state index is -4.50. The Labute approximate surface area is 118 Å². The van der Waals surface area contributed by atoms with E-state index in [2.05, 4.69) is 10.6 Å². The molecule has 0 unspecified atom stereocenters. The molecular formula is C12H14ClF3N2O2. The molecule has 4 nitrogen and oxygen atoms in total. The van der Waals surface area contributed by atoms with Gasteiger partial charge in [-0.05, 0) is 32.0 Å². The number of hydrogen-bond acceptors (Lipinski definition) is 2. The van der Waals surface area contributed by atoms with Gasteiger partial charge >= 0.3 is 12.2 Å². The van der Waals surface area contributed by atoms with Gasteiger partial charge in [0, 0.05) is 0 Å². The molecule has 1 aromatic rings. The Morgan fingerprint density at radius 1 is 1.35 bits per heavy atom. The predicted molar refractivity (Wildman–Crippen MR) is 69.8 cm³/mol. The summed E-state index contributed by atoms with van der Waals surface area (Å²) in [5, 5.41) is 13.5. The first-order valence-electron chi connectivity index (χ1n) is 5.62. The van der Waals surface area contributed by atoms with Crippen LogP contribution in [0.25, 0.3) is 0 Å². The quantitative estimate of drug-likeness (QED) is 0.802. The third-order valence-corrected chi connectivity index (χ3v) is 2.70. The van der Waals surface area contributed by atoms with Crippen LogP contribution in [0.15, 0.2) is 18.2 Å². The van der Waals surface area contributed by atoms with E-state index in [4.69, 9.17) is 16.7 Å². The summed E-state index contributed by atoms with van der Waals surface area (Å²) < 4.78 is 37.3. The molecule has 112 valence electrons. The zero-order valence-corrected chi connectivity index (χ0v) is 11.6. The van der Waals surface area contributed by atoms with Crippen LogP contribution in [0.1, 0.15) is 19.4 Å². The van der Waals surface area contributed by atoms with Crippen molar-refractivity contribution < 1.29 is 23.1 Å². The first-order chi connectivity index (χ1) is 9.05. The van der Waals surface area contributed by atoms with Crippen molar-refractivity contribution >= 4 is 23.3 Å². The third-order valence-electron chi connectivity index (χ3n) is 2.39. The lowest BCUT2D eigenvalue weighted by Gasteiger charge is -2.23. The largest absolute Gasteiger partial charge is 0.416 e. The number of carbonyl (C=O) groups excluding carboxylic acids is 1. The maximum Gasteiger partial charge on any atom is 0.416 e. The molecular weight excluding hydrogens is 297 g/mol. The van der Waals surface area contributed by atoms with E-state index in [9.17, 15) is 18.0 Å². The second kappa shape index (κ2) is 5.88. The van der Waals surface area contributed by atoms with Crippen molar-refractivity contribution in [1.29, 1.82) is 0 Å². The molecule has 1 aromatic carbocycles. The highest BCUT2D eigenvalue weighted by molar-refractivity contribution is 6.33. The Bertz CT molecular complexity index is 504. The van der Waals surface area contributed by atoms with Gasteiger partial charge in [0.05, 0.1) is 28.4 Å². The fourth-order valence-electron chi connectivity index (χ4n) is 1.29. The number of aliphatic hydroxyl groups excluding tert-OH is 1. The molecule has 0 aliphatic heterocycles. The minimum Gasteiger partial charge on any atom is -0.394 e. The summed E-state index contributed by atoms with van der Waals surface area (Å²) >= 11 is 5.69. The summed E-state index contributed by atoms with van der Waals surface area (Å²) in [6.45, 7) is 2.88. The van der Waals surface area contributed by atoms with Gasteiger partial charge in [-0.2, -0.15) is 13.2 Å². The number of hydrogen-bond donors (Lipinski definition) is 3. The van der Waals surface area contributed by atoms with Gasteiger partial charge in [0.1, 0.15) is 0 Å². The van der Waals surface area contributed by atoms with Gasteiger partial charge in [-0.15, -0.1) is 0 Å². The Morgan fingerprint density at radius 3 is 2.40 bits per heavy atom. The van der Waals surface area contributed by atoms with Crippen LogP contribution in [-0.2, 0) is 6.18 Å². The molecule has 8 heteroatoms. The fraction of sp³-hybridized carbons (Fsp3) is 0.417. The van der Waals surface area contributed by atoms with Crippen molar-refractivity contribution in [2.75, 3.05) is 11.9 Å². The SMILES string of the molecule is CC(C)(CO)NC(=O)Nc1ccc(C(F)(F)F)cc1Cl. The Balaban J connectivity index is 2.82. The van der Waals surface area contributed by atoms with E-state index in [-0.39, 0.29) is 17.3 Å². The van der Waals surface area contributed by atoms with Crippen molar-refractivity contribution in [2.45, 2.75) is 25.6 Å². The first-order valence-corrected chi connectivity index (χ1v) is 6.00. The van der Waals surface area contributed by atoms with E-state index in [0.717, 1.165) is 18.2 Å². The zero-order chi connectivity index (χ0) is 15.6. The second-order valence-electron chi connectivity index (χ2n) is 4.81. The van der Waals surface area contributed by atoms with Crippen molar-refractivity contribution in [3.8, 4) is 0 Å². The Kier molecular flexibility index (Phi) is 4.88. The number of anilines is 1. The Hall–Kier alpha value is -1.47. The molecule has 0 aliphatic carbocycles. The molecule has 0 atom stereocenters. The molecule has 0 heterocycles. The number of alkyl halides is 3. The number of halogens is 4. The van der Waals surface area contributed by atoms with Crippen LogP contribution in [-0.4, -0.2) is 23.3 Å². The number of nitrogens with one attached hydrogen (secondary N) is 2. The van der Waals surface area contributed by atoms with Crippen LogP contribution in [0.2, 0.25) is 5.02 Å². The lowest BCUT2D eigenvalue weighted by molar-refractivity contribution is -0.137. The molecule has 0 saturated carbocycles. The van der Waals surface area contributed by atoms with Crippen LogP contribution in [0, 0.1) is 0 Å². The summed E-state index contributed by atoms with van der Waals surface area (Å²) in [7, 11) is 0. The van der Waals surface area contributed by atoms with Gasteiger partial charge in [-0.1, -0.05) is 11.6 Å². The number of benzene rings is 1. The maximum atomic E-state index is 12.4. The molecule has 1 rings (SSSR count). The van der Waals surface area contributed by atoms with Crippen molar-refractivity contribution in [3.05, 3.63) is 28.8 Å². The summed E-state index contributed by atoms with van der Waals surface area (Å²) in [5.41, 5.74) is -1.71. The number of carbonyl (C=O) groups is 1. The van der Waals surface area contributed by atoms with Crippen LogP contribution in [0.3, 0.4) is 0 Å². The van der Waals surface area contributed by atoms with Crippen molar-refractivity contribution in [1.82, 2.24) is 5.32 Å². The van der Waals surface area contributed by atoms with E-state index in [1.165, 1.54) is 0 Å². The summed E-state index contributed by atoms with van der Waals surface area (Å²) in [6, 6.07) is 1.94. The van der Waals surface area contributed by atoms with Gasteiger partial charge in [-0.3, -0.25) is 0 Å². The maximum absolute atomic E-state index is 12.4. The van der Waals surface area contributed by atoms with Crippen molar-refractivity contribution in [2.24, 2.45) is 0 Å². The summed E-state index contributed by atoms with van der Waals surface area (Å²) in [5.74, 6) is 0. The van der Waals surface area contributed by atoms with Gasteiger partial charge in [0.25, 0.3) is 0 Å². The fourth-order valence-corrected chi connectivity index (χ4v) is 1.52. The molecule has 0 fully saturated rings. The average Bonchev–Trinajstić information content (AvgIpc) is 2.29. The topological polar surface area (TPSA) is 61.4 Å². The van der Waals surface area contributed by atoms with E-state index in [0.29, 0.717) is 0 Å². The van der Waals surface area contributed by atoms with E-state index < -0.39 is 23.3 Å². The normalized spacial score (nSPS) is 12.2. The molecule has 2 amide bonds. The summed E-state index contributed by atoms with van der Waals surface area (Å²) in [6.07, 6.45) is -4.50. The van der Waals surface area contributed by atoms with Gasteiger partial charge in [-0.25, -0.2) is 4.79 Å². The highest BCUT2D eigenvalue weighted by atomic mass is 35.5. The molecule has 0 aromatic heterocycles. The third kappa shape index (κ3) is 4.57. The standard InChI is InChI=1S/C12H14ClF3N2O2/c1-11(2,6-19)18-10(20)17-9-4-3-7(5-8(9)13)12(14,15)16/h3-5,19H,6H2,1-2H3,(H2,17,18,20). The smallest absolute Gasteiger partial charge is 0.394 e. The first kappa shape index (κ1) is 16.6. The molecule has 0 aliphatic rings. The van der Waals surface area contributed by atoms with Crippen LogP contribution < -0.4 is 10.6 Å². The number of amides is 2. The Morgan fingerprint density at radius 2 is 1.95 bits per heavy atom. The van der Waals surface area contributed by atoms with Gasteiger partial charge < -0.3 is 15.7 Å². The lowest BCUT2D eigenvalue weighted by Crippen LogP contribution is -2.48. The average molecular weight is 311 g/mol. The highest BCUT2D eigenvalue weighted by Crippen LogP contribution is 2.33. The van der Waals surface area contributed by atoms with E-state index >= 15 is 0 Å². The number of urea groups is 1. The molecule has 0 bridgehead atoms.